The number of carbonyl (C=O) groups is 2. The third kappa shape index (κ3) is 4.91. The Labute approximate surface area is 109 Å². The normalized spacial score (nSPS) is 13.8. The summed E-state index contributed by atoms with van der Waals surface area (Å²) in [6, 6.07) is -0.203. The van der Waals surface area contributed by atoms with E-state index < -0.39 is 11.9 Å². The molecule has 0 aromatic carbocycles. The second-order valence-corrected chi connectivity index (χ2v) is 4.49. The number of hydrogen-bond donors (Lipinski definition) is 1. The number of carboxylic acids is 1. The zero-order valence-corrected chi connectivity index (χ0v) is 11.8. The molecule has 0 spiro atoms. The molecule has 106 valence electrons. The van der Waals surface area contributed by atoms with E-state index in [0.717, 1.165) is 0 Å². The first-order chi connectivity index (χ1) is 8.34. The molecule has 0 saturated carbocycles. The number of urea groups is 1. The van der Waals surface area contributed by atoms with Crippen molar-refractivity contribution in [1.29, 1.82) is 0 Å². The number of rotatable bonds is 7. The summed E-state index contributed by atoms with van der Waals surface area (Å²) in [4.78, 5) is 26.0. The van der Waals surface area contributed by atoms with E-state index in [9.17, 15) is 9.59 Å². The molecule has 0 fully saturated rings. The average Bonchev–Trinajstić information content (AvgIpc) is 2.29. The number of aliphatic carboxylic acids is 1. The molecule has 0 rings (SSSR count). The molecule has 0 heterocycles. The van der Waals surface area contributed by atoms with Crippen molar-refractivity contribution in [3.63, 3.8) is 0 Å². The van der Waals surface area contributed by atoms with Crippen LogP contribution in [0.4, 0.5) is 4.79 Å². The largest absolute Gasteiger partial charge is 0.481 e. The maximum absolute atomic E-state index is 12.2. The third-order valence-electron chi connectivity index (χ3n) is 2.82. The Kier molecular flexibility index (Phi) is 7.35. The Morgan fingerprint density at radius 3 is 2.28 bits per heavy atom. The predicted molar refractivity (Wildman–Crippen MR) is 68.5 cm³/mol. The standard InChI is InChI=1S/C12H24N2O4/c1-6-14(10(3)8-18-5)12(17)13(4)7-9(2)11(15)16/h9-10H,6-8H2,1-5H3,(H,15,16). The van der Waals surface area contributed by atoms with Crippen LogP contribution >= 0.6 is 0 Å². The molecule has 0 aromatic rings. The molecule has 0 saturated heterocycles. The van der Waals surface area contributed by atoms with E-state index in [1.807, 2.05) is 13.8 Å². The van der Waals surface area contributed by atoms with Gasteiger partial charge in [-0.25, -0.2) is 4.79 Å². The van der Waals surface area contributed by atoms with Crippen molar-refractivity contribution in [2.45, 2.75) is 26.8 Å². The summed E-state index contributed by atoms with van der Waals surface area (Å²) < 4.78 is 5.03. The van der Waals surface area contributed by atoms with E-state index in [-0.39, 0.29) is 18.6 Å². The van der Waals surface area contributed by atoms with Gasteiger partial charge in [0.15, 0.2) is 0 Å². The summed E-state index contributed by atoms with van der Waals surface area (Å²) in [6.07, 6.45) is 0. The van der Waals surface area contributed by atoms with E-state index in [2.05, 4.69) is 0 Å². The Balaban J connectivity index is 4.53. The Bertz CT molecular complexity index is 283. The SMILES string of the molecule is CCN(C(=O)N(C)CC(C)C(=O)O)C(C)COC. The zero-order valence-electron chi connectivity index (χ0n) is 11.8. The van der Waals surface area contributed by atoms with Crippen LogP contribution in [-0.2, 0) is 9.53 Å². The van der Waals surface area contributed by atoms with E-state index in [0.29, 0.717) is 13.2 Å². The van der Waals surface area contributed by atoms with Crippen LogP contribution in [0, 0.1) is 5.92 Å². The lowest BCUT2D eigenvalue weighted by atomic mass is 10.2. The van der Waals surface area contributed by atoms with Crippen LogP contribution in [0.1, 0.15) is 20.8 Å². The van der Waals surface area contributed by atoms with Gasteiger partial charge in [-0.15, -0.1) is 0 Å². The van der Waals surface area contributed by atoms with Crippen molar-refractivity contribution in [1.82, 2.24) is 9.80 Å². The van der Waals surface area contributed by atoms with Gasteiger partial charge in [-0.3, -0.25) is 4.79 Å². The molecule has 18 heavy (non-hydrogen) atoms. The minimum Gasteiger partial charge on any atom is -0.481 e. The molecule has 6 heteroatoms. The van der Waals surface area contributed by atoms with Gasteiger partial charge in [0, 0.05) is 27.2 Å². The average molecular weight is 260 g/mol. The highest BCUT2D eigenvalue weighted by molar-refractivity contribution is 5.76. The van der Waals surface area contributed by atoms with Crippen LogP contribution < -0.4 is 0 Å². The van der Waals surface area contributed by atoms with Crippen LogP contribution in [0.15, 0.2) is 0 Å². The highest BCUT2D eigenvalue weighted by Crippen LogP contribution is 2.07. The van der Waals surface area contributed by atoms with Crippen molar-refractivity contribution in [2.24, 2.45) is 5.92 Å². The van der Waals surface area contributed by atoms with Crippen molar-refractivity contribution in [2.75, 3.05) is 33.9 Å². The summed E-state index contributed by atoms with van der Waals surface area (Å²) in [5, 5.41) is 8.83. The van der Waals surface area contributed by atoms with Crippen molar-refractivity contribution >= 4 is 12.0 Å². The molecule has 2 amide bonds. The molecule has 2 atom stereocenters. The maximum Gasteiger partial charge on any atom is 0.320 e. The molecule has 0 radical (unpaired) electrons. The summed E-state index contributed by atoms with van der Waals surface area (Å²) in [5.74, 6) is -1.47. The van der Waals surface area contributed by atoms with Crippen LogP contribution in [0.25, 0.3) is 0 Å². The number of amides is 2. The molecular weight excluding hydrogens is 236 g/mol. The third-order valence-corrected chi connectivity index (χ3v) is 2.82. The molecular formula is C12H24N2O4. The van der Waals surface area contributed by atoms with Gasteiger partial charge in [-0.1, -0.05) is 6.92 Å². The van der Waals surface area contributed by atoms with Gasteiger partial charge in [0.1, 0.15) is 0 Å². The second kappa shape index (κ2) is 7.92. The molecule has 0 bridgehead atoms. The van der Waals surface area contributed by atoms with E-state index in [1.165, 1.54) is 4.90 Å². The fourth-order valence-electron chi connectivity index (χ4n) is 1.75. The molecule has 0 aliphatic heterocycles. The fourth-order valence-corrected chi connectivity index (χ4v) is 1.75. The lowest BCUT2D eigenvalue weighted by Gasteiger charge is -2.32. The zero-order chi connectivity index (χ0) is 14.3. The lowest BCUT2D eigenvalue weighted by molar-refractivity contribution is -0.141. The highest BCUT2D eigenvalue weighted by Gasteiger charge is 2.24. The number of ether oxygens (including phenoxy) is 1. The minimum absolute atomic E-state index is 0.0323. The number of carbonyl (C=O) groups excluding carboxylic acids is 1. The summed E-state index contributed by atoms with van der Waals surface area (Å²) in [7, 11) is 3.20. The van der Waals surface area contributed by atoms with Crippen molar-refractivity contribution < 1.29 is 19.4 Å². The van der Waals surface area contributed by atoms with Crippen LogP contribution in [0.3, 0.4) is 0 Å². The van der Waals surface area contributed by atoms with Crippen LogP contribution in [0.2, 0.25) is 0 Å². The molecule has 1 N–H and O–H groups in total. The Hall–Kier alpha value is -1.30. The lowest BCUT2D eigenvalue weighted by Crippen LogP contribution is -2.48. The first-order valence-corrected chi connectivity index (χ1v) is 6.08. The number of likely N-dealkylation sites (N-methyl/N-ethyl adjacent to an activating group) is 1. The molecule has 0 aliphatic carbocycles. The van der Waals surface area contributed by atoms with Crippen LogP contribution in [-0.4, -0.2) is 66.8 Å². The molecule has 0 aliphatic rings. The molecule has 0 aromatic heterocycles. The first-order valence-electron chi connectivity index (χ1n) is 6.08. The second-order valence-electron chi connectivity index (χ2n) is 4.49. The minimum atomic E-state index is -0.900. The quantitative estimate of drug-likeness (QED) is 0.744. The summed E-state index contributed by atoms with van der Waals surface area (Å²) in [5.41, 5.74) is 0. The van der Waals surface area contributed by atoms with Gasteiger partial charge in [-0.2, -0.15) is 0 Å². The van der Waals surface area contributed by atoms with Crippen molar-refractivity contribution in [3.05, 3.63) is 0 Å². The number of hydrogen-bond acceptors (Lipinski definition) is 3. The van der Waals surface area contributed by atoms with Crippen LogP contribution in [0.5, 0.6) is 0 Å². The Morgan fingerprint density at radius 1 is 1.33 bits per heavy atom. The summed E-state index contributed by atoms with van der Waals surface area (Å²) in [6.45, 7) is 6.60. The maximum atomic E-state index is 12.2. The number of nitrogens with zero attached hydrogens (tertiary/aromatic N) is 2. The molecule has 6 nitrogen and oxygen atoms in total. The van der Waals surface area contributed by atoms with E-state index >= 15 is 0 Å². The summed E-state index contributed by atoms with van der Waals surface area (Å²) >= 11 is 0. The number of methoxy groups -OCH3 is 1. The van der Waals surface area contributed by atoms with E-state index in [1.54, 1.807) is 26.0 Å². The van der Waals surface area contributed by atoms with Gasteiger partial charge in [0.2, 0.25) is 0 Å². The fraction of sp³-hybridized carbons (Fsp3) is 0.833. The molecule has 2 unspecified atom stereocenters. The monoisotopic (exact) mass is 260 g/mol. The van der Waals surface area contributed by atoms with Gasteiger partial charge in [0.25, 0.3) is 0 Å². The number of carboxylic acid groups (broad SMARTS) is 1. The smallest absolute Gasteiger partial charge is 0.320 e. The topological polar surface area (TPSA) is 70.1 Å². The first kappa shape index (κ1) is 16.7. The van der Waals surface area contributed by atoms with Gasteiger partial charge >= 0.3 is 12.0 Å². The predicted octanol–water partition coefficient (Wildman–Crippen LogP) is 1.12. The van der Waals surface area contributed by atoms with Crippen molar-refractivity contribution in [3.8, 4) is 0 Å². The van der Waals surface area contributed by atoms with Gasteiger partial charge < -0.3 is 19.6 Å². The van der Waals surface area contributed by atoms with Gasteiger partial charge in [-0.05, 0) is 13.8 Å². The highest BCUT2D eigenvalue weighted by atomic mass is 16.5. The van der Waals surface area contributed by atoms with E-state index in [4.69, 9.17) is 9.84 Å². The van der Waals surface area contributed by atoms with Gasteiger partial charge in [0.05, 0.1) is 18.6 Å². The Morgan fingerprint density at radius 2 is 1.89 bits per heavy atom.